The number of likely N-dealkylation sites (tertiary alicyclic amines) is 1. The fourth-order valence-corrected chi connectivity index (χ4v) is 4.05. The summed E-state index contributed by atoms with van der Waals surface area (Å²) in [5, 5.41) is 1.05. The van der Waals surface area contributed by atoms with Crippen LogP contribution in [0.3, 0.4) is 0 Å². The number of esters is 1. The predicted molar refractivity (Wildman–Crippen MR) is 115 cm³/mol. The maximum atomic E-state index is 11.9. The topological polar surface area (TPSA) is 51.9 Å². The Morgan fingerprint density at radius 2 is 2.00 bits per heavy atom. The van der Waals surface area contributed by atoms with E-state index >= 15 is 0 Å². The molecule has 2 aromatic carbocycles. The molecule has 5 nitrogen and oxygen atoms in total. The van der Waals surface area contributed by atoms with E-state index in [4.69, 9.17) is 13.9 Å². The van der Waals surface area contributed by atoms with Crippen LogP contribution in [-0.4, -0.2) is 30.6 Å². The minimum Gasteiger partial charge on any atom is -0.488 e. The van der Waals surface area contributed by atoms with E-state index in [0.717, 1.165) is 46.2 Å². The van der Waals surface area contributed by atoms with Crippen molar-refractivity contribution in [2.75, 3.05) is 19.7 Å². The van der Waals surface area contributed by atoms with Crippen molar-refractivity contribution in [2.24, 2.45) is 0 Å². The van der Waals surface area contributed by atoms with Gasteiger partial charge in [-0.2, -0.15) is 0 Å². The summed E-state index contributed by atoms with van der Waals surface area (Å²) in [5.41, 5.74) is 3.90. The Kier molecular flexibility index (Phi) is 6.21. The number of rotatable bonds is 8. The van der Waals surface area contributed by atoms with E-state index in [0.29, 0.717) is 19.0 Å². The standard InChI is InChI=1S/C23H24BrNO4/c1-2-27-22(26)11-16-6-3-4-7-21(16)28-14-18-15-29-23-17(13-25-8-5-9-25)10-19(24)12-20(18)23/h3-4,6-7,10,12,15H,2,5,8-9,11,13-14H2,1H3. The van der Waals surface area contributed by atoms with Gasteiger partial charge in [0.1, 0.15) is 17.9 Å². The SMILES string of the molecule is CCOC(=O)Cc1ccccc1OCc1coc2c(CN3CCC3)cc(Br)cc12. The van der Waals surface area contributed by atoms with E-state index in [1.165, 1.54) is 12.0 Å². The van der Waals surface area contributed by atoms with Crippen LogP contribution >= 0.6 is 15.9 Å². The number of hydrogen-bond donors (Lipinski definition) is 0. The molecule has 0 unspecified atom stereocenters. The molecule has 6 heteroatoms. The molecule has 1 aliphatic rings. The van der Waals surface area contributed by atoms with Crippen LogP contribution in [0.4, 0.5) is 0 Å². The van der Waals surface area contributed by atoms with Crippen LogP contribution in [0.15, 0.2) is 51.6 Å². The Bertz CT molecular complexity index is 1010. The van der Waals surface area contributed by atoms with Gasteiger partial charge in [0.15, 0.2) is 0 Å². The van der Waals surface area contributed by atoms with Crippen molar-refractivity contribution in [3.63, 3.8) is 0 Å². The quantitative estimate of drug-likeness (QED) is 0.441. The highest BCUT2D eigenvalue weighted by molar-refractivity contribution is 9.10. The Labute approximate surface area is 178 Å². The Balaban J connectivity index is 1.53. The minimum absolute atomic E-state index is 0.196. The zero-order valence-electron chi connectivity index (χ0n) is 16.4. The first kappa shape index (κ1) is 20.0. The molecule has 152 valence electrons. The van der Waals surface area contributed by atoms with Gasteiger partial charge in [0.05, 0.1) is 19.3 Å². The molecule has 0 aliphatic carbocycles. The lowest BCUT2D eigenvalue weighted by Crippen LogP contribution is -2.36. The summed E-state index contributed by atoms with van der Waals surface area (Å²) in [4.78, 5) is 14.3. The van der Waals surface area contributed by atoms with Crippen molar-refractivity contribution in [1.29, 1.82) is 0 Å². The first-order valence-electron chi connectivity index (χ1n) is 9.91. The molecule has 1 aliphatic heterocycles. The van der Waals surface area contributed by atoms with E-state index < -0.39 is 0 Å². The number of halogens is 1. The maximum Gasteiger partial charge on any atom is 0.310 e. The minimum atomic E-state index is -0.253. The van der Waals surface area contributed by atoms with Gasteiger partial charge in [-0.25, -0.2) is 0 Å². The second-order valence-electron chi connectivity index (χ2n) is 7.21. The second kappa shape index (κ2) is 9.01. The molecule has 29 heavy (non-hydrogen) atoms. The smallest absolute Gasteiger partial charge is 0.310 e. The van der Waals surface area contributed by atoms with Crippen molar-refractivity contribution in [1.82, 2.24) is 4.90 Å². The number of para-hydroxylation sites is 1. The van der Waals surface area contributed by atoms with Crippen molar-refractivity contribution >= 4 is 32.9 Å². The molecule has 0 saturated carbocycles. The molecule has 0 spiro atoms. The third-order valence-electron chi connectivity index (χ3n) is 5.13. The number of carbonyl (C=O) groups excluding carboxylic acids is 1. The van der Waals surface area contributed by atoms with Crippen LogP contribution in [0.1, 0.15) is 30.0 Å². The molecule has 0 amide bonds. The van der Waals surface area contributed by atoms with Crippen LogP contribution in [-0.2, 0) is 29.1 Å². The highest BCUT2D eigenvalue weighted by Gasteiger charge is 2.19. The molecule has 0 N–H and O–H groups in total. The van der Waals surface area contributed by atoms with Crippen LogP contribution in [0.25, 0.3) is 11.0 Å². The van der Waals surface area contributed by atoms with Gasteiger partial charge in [-0.15, -0.1) is 0 Å². The van der Waals surface area contributed by atoms with E-state index in [-0.39, 0.29) is 12.4 Å². The number of carbonyl (C=O) groups is 1. The third kappa shape index (κ3) is 4.65. The zero-order chi connectivity index (χ0) is 20.2. The summed E-state index contributed by atoms with van der Waals surface area (Å²) in [7, 11) is 0. The predicted octanol–water partition coefficient (Wildman–Crippen LogP) is 5.09. The largest absolute Gasteiger partial charge is 0.488 e. The number of hydrogen-bond acceptors (Lipinski definition) is 5. The molecule has 1 saturated heterocycles. The zero-order valence-corrected chi connectivity index (χ0v) is 18.0. The summed E-state index contributed by atoms with van der Waals surface area (Å²) >= 11 is 3.63. The van der Waals surface area contributed by atoms with E-state index in [1.54, 1.807) is 13.2 Å². The van der Waals surface area contributed by atoms with Gasteiger partial charge in [-0.05, 0) is 44.6 Å². The van der Waals surface area contributed by atoms with Crippen molar-refractivity contribution in [2.45, 2.75) is 32.9 Å². The Hall–Kier alpha value is -2.31. The summed E-state index contributed by atoms with van der Waals surface area (Å²) < 4.78 is 18.1. The summed E-state index contributed by atoms with van der Waals surface area (Å²) in [6.45, 7) is 5.72. The molecule has 1 aromatic heterocycles. The fourth-order valence-electron chi connectivity index (χ4n) is 3.54. The average Bonchev–Trinajstić information content (AvgIpc) is 3.07. The van der Waals surface area contributed by atoms with Crippen molar-refractivity contribution < 1.29 is 18.7 Å². The lowest BCUT2D eigenvalue weighted by Gasteiger charge is -2.30. The monoisotopic (exact) mass is 457 g/mol. The lowest BCUT2D eigenvalue weighted by molar-refractivity contribution is -0.142. The average molecular weight is 458 g/mol. The number of fused-ring (bicyclic) bond motifs is 1. The lowest BCUT2D eigenvalue weighted by atomic mass is 10.1. The van der Waals surface area contributed by atoms with E-state index in [1.807, 2.05) is 24.3 Å². The first-order chi connectivity index (χ1) is 14.1. The Morgan fingerprint density at radius 3 is 2.76 bits per heavy atom. The van der Waals surface area contributed by atoms with Crippen LogP contribution in [0.5, 0.6) is 5.75 Å². The van der Waals surface area contributed by atoms with Crippen LogP contribution in [0, 0.1) is 0 Å². The van der Waals surface area contributed by atoms with Gasteiger partial charge in [-0.3, -0.25) is 9.69 Å². The van der Waals surface area contributed by atoms with Gasteiger partial charge in [0.2, 0.25) is 0 Å². The molecule has 1 fully saturated rings. The molecule has 0 radical (unpaired) electrons. The van der Waals surface area contributed by atoms with Crippen molar-refractivity contribution in [3.8, 4) is 5.75 Å². The molecule has 0 bridgehead atoms. The number of benzene rings is 2. The van der Waals surface area contributed by atoms with Crippen LogP contribution in [0.2, 0.25) is 0 Å². The highest BCUT2D eigenvalue weighted by atomic mass is 79.9. The Morgan fingerprint density at radius 1 is 1.17 bits per heavy atom. The normalized spacial score (nSPS) is 14.0. The number of ether oxygens (including phenoxy) is 2. The van der Waals surface area contributed by atoms with Gasteiger partial charge in [-0.1, -0.05) is 34.1 Å². The van der Waals surface area contributed by atoms with Crippen molar-refractivity contribution in [3.05, 3.63) is 63.8 Å². The molecule has 2 heterocycles. The van der Waals surface area contributed by atoms with Gasteiger partial charge < -0.3 is 13.9 Å². The molecule has 0 atom stereocenters. The molecular formula is C23H24BrNO4. The van der Waals surface area contributed by atoms with Gasteiger partial charge in [0, 0.05) is 33.1 Å². The fraction of sp³-hybridized carbons (Fsp3) is 0.348. The number of nitrogens with zero attached hydrogens (tertiary/aromatic N) is 1. The summed E-state index contributed by atoms with van der Waals surface area (Å²) in [6, 6.07) is 11.8. The molecule has 4 rings (SSSR count). The van der Waals surface area contributed by atoms with Crippen LogP contribution < -0.4 is 4.74 Å². The summed E-state index contributed by atoms with van der Waals surface area (Å²) in [5.74, 6) is 0.433. The summed E-state index contributed by atoms with van der Waals surface area (Å²) in [6.07, 6.45) is 3.23. The third-order valence-corrected chi connectivity index (χ3v) is 5.59. The number of furan rings is 1. The molecular weight excluding hydrogens is 434 g/mol. The maximum absolute atomic E-state index is 11.9. The molecule has 3 aromatic rings. The highest BCUT2D eigenvalue weighted by Crippen LogP contribution is 2.31. The van der Waals surface area contributed by atoms with E-state index in [2.05, 4.69) is 33.0 Å². The van der Waals surface area contributed by atoms with Gasteiger partial charge >= 0.3 is 5.97 Å². The first-order valence-corrected chi connectivity index (χ1v) is 10.7. The second-order valence-corrected chi connectivity index (χ2v) is 8.13. The van der Waals surface area contributed by atoms with Gasteiger partial charge in [0.25, 0.3) is 0 Å². The van der Waals surface area contributed by atoms with E-state index in [9.17, 15) is 4.79 Å².